The predicted molar refractivity (Wildman–Crippen MR) is 75.8 cm³/mol. The Bertz CT molecular complexity index is 451. The molecule has 0 N–H and O–H groups in total. The third kappa shape index (κ3) is 3.60. The van der Waals surface area contributed by atoms with E-state index in [2.05, 4.69) is 26.0 Å². The van der Waals surface area contributed by atoms with Crippen molar-refractivity contribution in [2.24, 2.45) is 0 Å². The van der Waals surface area contributed by atoms with Gasteiger partial charge < -0.3 is 9.64 Å². The van der Waals surface area contributed by atoms with Gasteiger partial charge in [-0.2, -0.15) is 0 Å². The molecule has 0 spiro atoms. The molecule has 3 nitrogen and oxygen atoms in total. The SMILES string of the molecule is CC1(C)CC=CCCN1C(=O)OCc1ccccc1. The highest BCUT2D eigenvalue weighted by molar-refractivity contribution is 5.68. The highest BCUT2D eigenvalue weighted by atomic mass is 16.6. The molecule has 0 bridgehead atoms. The number of ether oxygens (including phenoxy) is 1. The van der Waals surface area contributed by atoms with Crippen molar-refractivity contribution in [1.29, 1.82) is 0 Å². The van der Waals surface area contributed by atoms with E-state index in [0.29, 0.717) is 6.61 Å². The van der Waals surface area contributed by atoms with Gasteiger partial charge in [0.15, 0.2) is 0 Å². The number of amides is 1. The molecule has 2 rings (SSSR count). The van der Waals surface area contributed by atoms with Crippen LogP contribution in [0, 0.1) is 0 Å². The molecule has 1 aromatic rings. The zero-order chi connectivity index (χ0) is 13.7. The minimum absolute atomic E-state index is 0.180. The molecule has 0 aromatic heterocycles. The molecule has 0 radical (unpaired) electrons. The largest absolute Gasteiger partial charge is 0.445 e. The van der Waals surface area contributed by atoms with E-state index in [4.69, 9.17) is 4.74 Å². The summed E-state index contributed by atoms with van der Waals surface area (Å²) in [6.07, 6.45) is 5.81. The van der Waals surface area contributed by atoms with Crippen LogP contribution in [-0.4, -0.2) is 23.1 Å². The monoisotopic (exact) mass is 259 g/mol. The van der Waals surface area contributed by atoms with Crippen LogP contribution in [0.25, 0.3) is 0 Å². The standard InChI is InChI=1S/C16H21NO2/c1-16(2)11-7-4-8-12-17(16)15(18)19-13-14-9-5-3-6-10-14/h3-7,9-10H,8,11-13H2,1-2H3. The average Bonchev–Trinajstić information content (AvgIpc) is 2.58. The van der Waals surface area contributed by atoms with Crippen molar-refractivity contribution in [3.63, 3.8) is 0 Å². The molecule has 0 aliphatic carbocycles. The van der Waals surface area contributed by atoms with Crippen molar-refractivity contribution in [3.05, 3.63) is 48.0 Å². The quantitative estimate of drug-likeness (QED) is 0.757. The summed E-state index contributed by atoms with van der Waals surface area (Å²) in [5, 5.41) is 0. The van der Waals surface area contributed by atoms with Gasteiger partial charge in [-0.3, -0.25) is 0 Å². The fourth-order valence-electron chi connectivity index (χ4n) is 2.24. The molecule has 3 heteroatoms. The normalized spacial score (nSPS) is 17.9. The number of nitrogens with zero attached hydrogens (tertiary/aromatic N) is 1. The Morgan fingerprint density at radius 1 is 1.26 bits per heavy atom. The summed E-state index contributed by atoms with van der Waals surface area (Å²) in [7, 11) is 0. The summed E-state index contributed by atoms with van der Waals surface area (Å²) in [5.41, 5.74) is 0.836. The first kappa shape index (κ1) is 13.7. The van der Waals surface area contributed by atoms with Gasteiger partial charge >= 0.3 is 6.09 Å². The molecule has 0 unspecified atom stereocenters. The third-order valence-electron chi connectivity index (χ3n) is 3.46. The van der Waals surface area contributed by atoms with Crippen LogP contribution in [0.2, 0.25) is 0 Å². The van der Waals surface area contributed by atoms with Crippen LogP contribution in [0.3, 0.4) is 0 Å². The van der Waals surface area contributed by atoms with Crippen LogP contribution in [0.1, 0.15) is 32.3 Å². The molecule has 1 heterocycles. The molecule has 0 saturated heterocycles. The maximum atomic E-state index is 12.2. The Morgan fingerprint density at radius 3 is 2.74 bits per heavy atom. The summed E-state index contributed by atoms with van der Waals surface area (Å²) in [6.45, 7) is 5.20. The Morgan fingerprint density at radius 2 is 2.00 bits per heavy atom. The summed E-state index contributed by atoms with van der Waals surface area (Å²) in [5.74, 6) is 0. The van der Waals surface area contributed by atoms with Gasteiger partial charge in [0.25, 0.3) is 0 Å². The Labute approximate surface area is 114 Å². The van der Waals surface area contributed by atoms with Crippen LogP contribution in [0.5, 0.6) is 0 Å². The van der Waals surface area contributed by atoms with Gasteiger partial charge in [-0.05, 0) is 32.3 Å². The van der Waals surface area contributed by atoms with Gasteiger partial charge in [-0.25, -0.2) is 4.79 Å². The van der Waals surface area contributed by atoms with Crippen molar-refractivity contribution in [2.75, 3.05) is 6.54 Å². The first-order chi connectivity index (χ1) is 9.09. The number of rotatable bonds is 2. The number of benzene rings is 1. The minimum Gasteiger partial charge on any atom is -0.445 e. The molecule has 0 atom stereocenters. The molecule has 1 aliphatic heterocycles. The number of hydrogen-bond donors (Lipinski definition) is 0. The van der Waals surface area contributed by atoms with Crippen LogP contribution >= 0.6 is 0 Å². The second-order valence-electron chi connectivity index (χ2n) is 5.47. The van der Waals surface area contributed by atoms with Crippen molar-refractivity contribution >= 4 is 6.09 Å². The van der Waals surface area contributed by atoms with Crippen molar-refractivity contribution in [1.82, 2.24) is 4.90 Å². The Hall–Kier alpha value is -1.77. The molecule has 1 aliphatic rings. The van der Waals surface area contributed by atoms with E-state index in [1.807, 2.05) is 35.2 Å². The Balaban J connectivity index is 1.95. The third-order valence-corrected chi connectivity index (χ3v) is 3.46. The smallest absolute Gasteiger partial charge is 0.410 e. The van der Waals surface area contributed by atoms with E-state index in [1.54, 1.807) is 0 Å². The maximum Gasteiger partial charge on any atom is 0.410 e. The van der Waals surface area contributed by atoms with Crippen LogP contribution in [0.15, 0.2) is 42.5 Å². The molecule has 1 aromatic carbocycles. The highest BCUT2D eigenvalue weighted by Crippen LogP contribution is 2.24. The lowest BCUT2D eigenvalue weighted by molar-refractivity contribution is 0.0602. The fourth-order valence-corrected chi connectivity index (χ4v) is 2.24. The second kappa shape index (κ2) is 5.91. The van der Waals surface area contributed by atoms with Gasteiger partial charge in [0, 0.05) is 12.1 Å². The van der Waals surface area contributed by atoms with E-state index < -0.39 is 0 Å². The summed E-state index contributed by atoms with van der Waals surface area (Å²) < 4.78 is 5.42. The van der Waals surface area contributed by atoms with Crippen LogP contribution < -0.4 is 0 Å². The molecule has 19 heavy (non-hydrogen) atoms. The molecule has 0 saturated carbocycles. The second-order valence-corrected chi connectivity index (χ2v) is 5.47. The summed E-state index contributed by atoms with van der Waals surface area (Å²) >= 11 is 0. The Kier molecular flexibility index (Phi) is 4.25. The molecule has 102 valence electrons. The summed E-state index contributed by atoms with van der Waals surface area (Å²) in [4.78, 5) is 14.0. The van der Waals surface area contributed by atoms with Crippen molar-refractivity contribution in [2.45, 2.75) is 38.8 Å². The fraction of sp³-hybridized carbons (Fsp3) is 0.438. The van der Waals surface area contributed by atoms with Crippen molar-refractivity contribution in [3.8, 4) is 0 Å². The zero-order valence-corrected chi connectivity index (χ0v) is 11.6. The topological polar surface area (TPSA) is 29.5 Å². The highest BCUT2D eigenvalue weighted by Gasteiger charge is 2.31. The maximum absolute atomic E-state index is 12.2. The lowest BCUT2D eigenvalue weighted by Gasteiger charge is -2.36. The van der Waals surface area contributed by atoms with Crippen LogP contribution in [-0.2, 0) is 11.3 Å². The lowest BCUT2D eigenvalue weighted by Crippen LogP contribution is -2.47. The van der Waals surface area contributed by atoms with E-state index in [0.717, 1.165) is 24.9 Å². The molecule has 1 amide bonds. The van der Waals surface area contributed by atoms with E-state index in [1.165, 1.54) is 0 Å². The average molecular weight is 259 g/mol. The van der Waals surface area contributed by atoms with Gasteiger partial charge in [0.1, 0.15) is 6.61 Å². The van der Waals surface area contributed by atoms with E-state index in [9.17, 15) is 4.79 Å². The number of carbonyl (C=O) groups excluding carboxylic acids is 1. The minimum atomic E-state index is -0.224. The van der Waals surface area contributed by atoms with Gasteiger partial charge in [0.2, 0.25) is 0 Å². The first-order valence-electron chi connectivity index (χ1n) is 6.73. The van der Waals surface area contributed by atoms with Crippen molar-refractivity contribution < 1.29 is 9.53 Å². The number of hydrogen-bond acceptors (Lipinski definition) is 2. The molecular weight excluding hydrogens is 238 g/mol. The first-order valence-corrected chi connectivity index (χ1v) is 6.73. The van der Waals surface area contributed by atoms with Gasteiger partial charge in [-0.1, -0.05) is 42.5 Å². The molecule has 0 fully saturated rings. The van der Waals surface area contributed by atoms with E-state index >= 15 is 0 Å². The number of carbonyl (C=O) groups is 1. The van der Waals surface area contributed by atoms with Gasteiger partial charge in [-0.15, -0.1) is 0 Å². The molecular formula is C16H21NO2. The summed E-state index contributed by atoms with van der Waals surface area (Å²) in [6, 6.07) is 9.77. The lowest BCUT2D eigenvalue weighted by atomic mass is 9.99. The zero-order valence-electron chi connectivity index (χ0n) is 11.6. The predicted octanol–water partition coefficient (Wildman–Crippen LogP) is 3.75. The van der Waals surface area contributed by atoms with E-state index in [-0.39, 0.29) is 11.6 Å². The van der Waals surface area contributed by atoms with Gasteiger partial charge in [0.05, 0.1) is 0 Å². The van der Waals surface area contributed by atoms with Crippen LogP contribution in [0.4, 0.5) is 4.79 Å².